The zero-order chi connectivity index (χ0) is 14.1. The number of hydrogen-bond donors (Lipinski definition) is 1. The van der Waals surface area contributed by atoms with Crippen molar-refractivity contribution in [3.63, 3.8) is 0 Å². The molecule has 1 aromatic carbocycles. The van der Waals surface area contributed by atoms with Crippen molar-refractivity contribution in [2.24, 2.45) is 0 Å². The van der Waals surface area contributed by atoms with Crippen molar-refractivity contribution in [2.45, 2.75) is 13.3 Å². The van der Waals surface area contributed by atoms with Crippen LogP contribution < -0.4 is 10.1 Å². The molecule has 0 saturated heterocycles. The predicted molar refractivity (Wildman–Crippen MR) is 80.4 cm³/mol. The highest BCUT2D eigenvalue weighted by Gasteiger charge is 2.05. The predicted octanol–water partition coefficient (Wildman–Crippen LogP) is 2.29. The highest BCUT2D eigenvalue weighted by Crippen LogP contribution is 2.15. The van der Waals surface area contributed by atoms with Crippen LogP contribution in [0.2, 0.25) is 0 Å². The summed E-state index contributed by atoms with van der Waals surface area (Å²) in [5.74, 6) is 0.903. The van der Waals surface area contributed by atoms with Crippen molar-refractivity contribution >= 4 is 21.8 Å². The summed E-state index contributed by atoms with van der Waals surface area (Å²) in [5.41, 5.74) is 0. The minimum atomic E-state index is 0.0630. The summed E-state index contributed by atoms with van der Waals surface area (Å²) in [6.45, 7) is 4.47. The van der Waals surface area contributed by atoms with Gasteiger partial charge in [-0.3, -0.25) is 9.69 Å². The quantitative estimate of drug-likeness (QED) is 0.796. The molecular formula is C14H21BrN2O2. The number of nitrogens with one attached hydrogen (secondary N) is 1. The maximum Gasteiger partial charge on any atom is 0.234 e. The smallest absolute Gasteiger partial charge is 0.234 e. The van der Waals surface area contributed by atoms with Crippen molar-refractivity contribution in [3.8, 4) is 5.75 Å². The number of carbonyl (C=O) groups excluding carboxylic acids is 1. The molecule has 0 atom stereocenters. The molecule has 0 radical (unpaired) electrons. The van der Waals surface area contributed by atoms with E-state index in [1.54, 1.807) is 0 Å². The second kappa shape index (κ2) is 8.93. The Hall–Kier alpha value is -1.07. The van der Waals surface area contributed by atoms with Crippen LogP contribution in [0.1, 0.15) is 13.3 Å². The molecule has 0 aromatic heterocycles. The lowest BCUT2D eigenvalue weighted by molar-refractivity contribution is -0.122. The molecule has 0 saturated carbocycles. The molecule has 0 unspecified atom stereocenters. The first kappa shape index (κ1) is 16.0. The van der Waals surface area contributed by atoms with E-state index in [-0.39, 0.29) is 5.91 Å². The Balaban J connectivity index is 2.18. The molecule has 0 heterocycles. The minimum Gasteiger partial charge on any atom is -0.492 e. The Labute approximate surface area is 123 Å². The molecule has 0 spiro atoms. The Morgan fingerprint density at radius 2 is 2.05 bits per heavy atom. The first-order valence-corrected chi connectivity index (χ1v) is 7.24. The average Bonchev–Trinajstić information content (AvgIpc) is 2.38. The Bertz CT molecular complexity index is 382. The van der Waals surface area contributed by atoms with Crippen LogP contribution in [0.5, 0.6) is 5.75 Å². The van der Waals surface area contributed by atoms with Crippen molar-refractivity contribution in [3.05, 3.63) is 28.7 Å². The fourth-order valence-electron chi connectivity index (χ4n) is 1.49. The molecule has 1 rings (SSSR count). The first-order valence-electron chi connectivity index (χ1n) is 6.45. The summed E-state index contributed by atoms with van der Waals surface area (Å²) < 4.78 is 6.63. The summed E-state index contributed by atoms with van der Waals surface area (Å²) >= 11 is 3.38. The van der Waals surface area contributed by atoms with Crippen molar-refractivity contribution in [1.82, 2.24) is 10.2 Å². The second-order valence-corrected chi connectivity index (χ2v) is 5.31. The van der Waals surface area contributed by atoms with Gasteiger partial charge in [-0.1, -0.05) is 22.9 Å². The highest BCUT2D eigenvalue weighted by molar-refractivity contribution is 9.10. The number of likely N-dealkylation sites (N-methyl/N-ethyl adjacent to an activating group) is 1. The topological polar surface area (TPSA) is 41.6 Å². The summed E-state index contributed by atoms with van der Waals surface area (Å²) in [6, 6.07) is 7.71. The molecule has 5 heteroatoms. The molecule has 0 aliphatic rings. The van der Waals surface area contributed by atoms with E-state index in [4.69, 9.17) is 4.74 Å². The number of benzene rings is 1. The first-order chi connectivity index (χ1) is 9.11. The zero-order valence-electron chi connectivity index (χ0n) is 11.5. The maximum atomic E-state index is 11.5. The van der Waals surface area contributed by atoms with Gasteiger partial charge in [0, 0.05) is 17.6 Å². The third-order valence-electron chi connectivity index (χ3n) is 2.54. The lowest BCUT2D eigenvalue weighted by Gasteiger charge is -2.16. The van der Waals surface area contributed by atoms with Crippen LogP contribution >= 0.6 is 15.9 Å². The molecular weight excluding hydrogens is 308 g/mol. The van der Waals surface area contributed by atoms with Gasteiger partial charge in [0.15, 0.2) is 0 Å². The van der Waals surface area contributed by atoms with Crippen LogP contribution in [-0.2, 0) is 4.79 Å². The van der Waals surface area contributed by atoms with Gasteiger partial charge in [0.2, 0.25) is 5.91 Å². The van der Waals surface area contributed by atoms with E-state index in [0.717, 1.165) is 29.7 Å². The summed E-state index contributed by atoms with van der Waals surface area (Å²) in [5, 5.41) is 2.85. The van der Waals surface area contributed by atoms with Gasteiger partial charge in [-0.05, 0) is 37.7 Å². The average molecular weight is 329 g/mol. The van der Waals surface area contributed by atoms with E-state index in [2.05, 4.69) is 21.2 Å². The monoisotopic (exact) mass is 328 g/mol. The summed E-state index contributed by atoms with van der Waals surface area (Å²) in [4.78, 5) is 13.4. The van der Waals surface area contributed by atoms with Gasteiger partial charge < -0.3 is 10.1 Å². The SMILES string of the molecule is CCCNC(=O)CN(C)CCOc1ccc(Br)cc1. The Morgan fingerprint density at radius 1 is 1.37 bits per heavy atom. The van der Waals surface area contributed by atoms with Crippen molar-refractivity contribution < 1.29 is 9.53 Å². The fourth-order valence-corrected chi connectivity index (χ4v) is 1.76. The lowest BCUT2D eigenvalue weighted by Crippen LogP contribution is -2.37. The number of carbonyl (C=O) groups is 1. The molecule has 106 valence electrons. The number of halogens is 1. The summed E-state index contributed by atoms with van der Waals surface area (Å²) in [6.07, 6.45) is 0.960. The van der Waals surface area contributed by atoms with Gasteiger partial charge in [-0.2, -0.15) is 0 Å². The van der Waals surface area contributed by atoms with E-state index >= 15 is 0 Å². The van der Waals surface area contributed by atoms with E-state index in [1.165, 1.54) is 0 Å². The molecule has 1 N–H and O–H groups in total. The van der Waals surface area contributed by atoms with Crippen LogP contribution in [0, 0.1) is 0 Å². The number of amides is 1. The lowest BCUT2D eigenvalue weighted by atomic mass is 10.3. The van der Waals surface area contributed by atoms with Crippen LogP contribution in [0.3, 0.4) is 0 Å². The molecule has 4 nitrogen and oxygen atoms in total. The number of nitrogens with zero attached hydrogens (tertiary/aromatic N) is 1. The van der Waals surface area contributed by atoms with E-state index in [9.17, 15) is 4.79 Å². The molecule has 1 amide bonds. The van der Waals surface area contributed by atoms with Crippen LogP contribution in [0.25, 0.3) is 0 Å². The van der Waals surface area contributed by atoms with Crippen molar-refractivity contribution in [2.75, 3.05) is 33.3 Å². The van der Waals surface area contributed by atoms with Gasteiger partial charge in [0.05, 0.1) is 6.54 Å². The van der Waals surface area contributed by atoms with Crippen LogP contribution in [0.15, 0.2) is 28.7 Å². The number of ether oxygens (including phenoxy) is 1. The Morgan fingerprint density at radius 3 is 2.68 bits per heavy atom. The Kier molecular flexibility index (Phi) is 7.52. The van der Waals surface area contributed by atoms with Gasteiger partial charge in [0.25, 0.3) is 0 Å². The third-order valence-corrected chi connectivity index (χ3v) is 3.07. The van der Waals surface area contributed by atoms with Gasteiger partial charge in [-0.25, -0.2) is 0 Å². The molecule has 0 fully saturated rings. The van der Waals surface area contributed by atoms with Crippen LogP contribution in [0.4, 0.5) is 0 Å². The molecule has 1 aromatic rings. The largest absolute Gasteiger partial charge is 0.492 e. The van der Waals surface area contributed by atoms with Gasteiger partial charge in [-0.15, -0.1) is 0 Å². The standard InChI is InChI=1S/C14H21BrN2O2/c1-3-8-16-14(18)11-17(2)9-10-19-13-6-4-12(15)5-7-13/h4-7H,3,8-11H2,1-2H3,(H,16,18). The van der Waals surface area contributed by atoms with Gasteiger partial charge >= 0.3 is 0 Å². The fraction of sp³-hybridized carbons (Fsp3) is 0.500. The third kappa shape index (κ3) is 7.18. The number of rotatable bonds is 8. The second-order valence-electron chi connectivity index (χ2n) is 4.39. The molecule has 0 aliphatic heterocycles. The molecule has 0 bridgehead atoms. The molecule has 19 heavy (non-hydrogen) atoms. The van der Waals surface area contributed by atoms with E-state index in [1.807, 2.05) is 43.1 Å². The normalized spacial score (nSPS) is 10.5. The van der Waals surface area contributed by atoms with Gasteiger partial charge in [0.1, 0.15) is 12.4 Å². The molecule has 0 aliphatic carbocycles. The number of hydrogen-bond acceptors (Lipinski definition) is 3. The van der Waals surface area contributed by atoms with E-state index in [0.29, 0.717) is 13.2 Å². The summed E-state index contributed by atoms with van der Waals surface area (Å²) in [7, 11) is 1.91. The van der Waals surface area contributed by atoms with E-state index < -0.39 is 0 Å². The highest BCUT2D eigenvalue weighted by atomic mass is 79.9. The van der Waals surface area contributed by atoms with Crippen LogP contribution in [-0.4, -0.2) is 44.1 Å². The minimum absolute atomic E-state index is 0.0630. The van der Waals surface area contributed by atoms with Crippen molar-refractivity contribution in [1.29, 1.82) is 0 Å². The zero-order valence-corrected chi connectivity index (χ0v) is 13.1. The maximum absolute atomic E-state index is 11.5.